The van der Waals surface area contributed by atoms with E-state index in [0.717, 1.165) is 22.5 Å². The number of hydrogen-bond donors (Lipinski definition) is 2. The standard InChI is InChI=1S/C20H28N2O2/c1-11(2)10-15-17(20(15,6)7)19(24)22-16-9-8-12(3)18(13(16)4)21-14(5)23/h8-10,15,17H,1-7H3,(H,21,23)(H,22,24). The molecule has 1 aromatic carbocycles. The predicted octanol–water partition coefficient (Wildman–Crippen LogP) is 4.44. The Kier molecular flexibility index (Phi) is 4.88. The van der Waals surface area contributed by atoms with Gasteiger partial charge in [-0.05, 0) is 56.2 Å². The van der Waals surface area contributed by atoms with Gasteiger partial charge in [0.05, 0.1) is 5.92 Å². The van der Waals surface area contributed by atoms with Gasteiger partial charge >= 0.3 is 0 Å². The van der Waals surface area contributed by atoms with Gasteiger partial charge in [-0.2, -0.15) is 0 Å². The molecule has 2 unspecified atom stereocenters. The Bertz CT molecular complexity index is 713. The van der Waals surface area contributed by atoms with Crippen molar-refractivity contribution in [2.45, 2.75) is 48.5 Å². The summed E-state index contributed by atoms with van der Waals surface area (Å²) >= 11 is 0. The molecule has 0 radical (unpaired) electrons. The van der Waals surface area contributed by atoms with Crippen molar-refractivity contribution in [1.29, 1.82) is 0 Å². The summed E-state index contributed by atoms with van der Waals surface area (Å²) in [5.74, 6) is 0.195. The van der Waals surface area contributed by atoms with Gasteiger partial charge in [0, 0.05) is 18.3 Å². The summed E-state index contributed by atoms with van der Waals surface area (Å²) in [6, 6.07) is 3.82. The molecule has 0 bridgehead atoms. The summed E-state index contributed by atoms with van der Waals surface area (Å²) in [5, 5.41) is 5.90. The van der Waals surface area contributed by atoms with E-state index < -0.39 is 0 Å². The van der Waals surface area contributed by atoms with Crippen LogP contribution in [-0.4, -0.2) is 11.8 Å². The highest BCUT2D eigenvalue weighted by atomic mass is 16.2. The quantitative estimate of drug-likeness (QED) is 0.803. The fourth-order valence-corrected chi connectivity index (χ4v) is 3.41. The second-order valence-corrected chi connectivity index (χ2v) is 7.67. The number of benzene rings is 1. The summed E-state index contributed by atoms with van der Waals surface area (Å²) in [6.07, 6.45) is 2.19. The van der Waals surface area contributed by atoms with Crippen LogP contribution in [0.4, 0.5) is 11.4 Å². The molecule has 1 saturated carbocycles. The van der Waals surface area contributed by atoms with Crippen LogP contribution < -0.4 is 10.6 Å². The highest BCUT2D eigenvalue weighted by Gasteiger charge is 2.60. The third-order valence-electron chi connectivity index (χ3n) is 4.94. The lowest BCUT2D eigenvalue weighted by molar-refractivity contribution is -0.118. The van der Waals surface area contributed by atoms with Crippen LogP contribution in [0.15, 0.2) is 23.8 Å². The number of allylic oxidation sites excluding steroid dienone is 2. The number of amides is 2. The molecule has 24 heavy (non-hydrogen) atoms. The van der Waals surface area contributed by atoms with Gasteiger partial charge < -0.3 is 10.6 Å². The Morgan fingerprint density at radius 3 is 2.25 bits per heavy atom. The molecule has 1 aliphatic carbocycles. The molecule has 2 atom stereocenters. The maximum absolute atomic E-state index is 12.7. The molecule has 4 heteroatoms. The first kappa shape index (κ1) is 18.2. The van der Waals surface area contributed by atoms with Gasteiger partial charge in [0.15, 0.2) is 0 Å². The molecule has 1 aromatic rings. The van der Waals surface area contributed by atoms with E-state index in [4.69, 9.17) is 0 Å². The van der Waals surface area contributed by atoms with E-state index in [2.05, 4.69) is 44.4 Å². The normalized spacial score (nSPS) is 21.0. The Morgan fingerprint density at radius 2 is 1.71 bits per heavy atom. The van der Waals surface area contributed by atoms with Crippen molar-refractivity contribution in [2.24, 2.45) is 17.3 Å². The Morgan fingerprint density at radius 1 is 1.08 bits per heavy atom. The van der Waals surface area contributed by atoms with Gasteiger partial charge in [-0.15, -0.1) is 0 Å². The van der Waals surface area contributed by atoms with Crippen molar-refractivity contribution in [1.82, 2.24) is 0 Å². The highest BCUT2D eigenvalue weighted by molar-refractivity contribution is 5.98. The molecule has 0 aliphatic heterocycles. The van der Waals surface area contributed by atoms with Gasteiger partial charge in [0.25, 0.3) is 0 Å². The molecule has 0 spiro atoms. The van der Waals surface area contributed by atoms with Crippen molar-refractivity contribution in [3.63, 3.8) is 0 Å². The lowest BCUT2D eigenvalue weighted by Crippen LogP contribution is -2.18. The molecule has 130 valence electrons. The second-order valence-electron chi connectivity index (χ2n) is 7.67. The number of carbonyl (C=O) groups is 2. The molecule has 1 fully saturated rings. The van der Waals surface area contributed by atoms with Crippen LogP contribution in [0.5, 0.6) is 0 Å². The summed E-state index contributed by atoms with van der Waals surface area (Å²) < 4.78 is 0. The van der Waals surface area contributed by atoms with Crippen molar-refractivity contribution in [3.05, 3.63) is 34.9 Å². The van der Waals surface area contributed by atoms with Gasteiger partial charge in [0.2, 0.25) is 11.8 Å². The first-order valence-electron chi connectivity index (χ1n) is 8.39. The first-order valence-corrected chi connectivity index (χ1v) is 8.39. The van der Waals surface area contributed by atoms with E-state index in [1.54, 1.807) is 0 Å². The molecular formula is C20H28N2O2. The van der Waals surface area contributed by atoms with Crippen molar-refractivity contribution >= 4 is 23.2 Å². The van der Waals surface area contributed by atoms with E-state index in [1.807, 2.05) is 26.0 Å². The van der Waals surface area contributed by atoms with Gasteiger partial charge in [-0.1, -0.05) is 31.6 Å². The van der Waals surface area contributed by atoms with E-state index in [1.165, 1.54) is 12.5 Å². The fourth-order valence-electron chi connectivity index (χ4n) is 3.41. The predicted molar refractivity (Wildman–Crippen MR) is 99.0 cm³/mol. The van der Waals surface area contributed by atoms with Crippen molar-refractivity contribution in [2.75, 3.05) is 10.6 Å². The second kappa shape index (κ2) is 6.42. The lowest BCUT2D eigenvalue weighted by atomic mass is 10.1. The SMILES string of the molecule is CC(=O)Nc1c(C)ccc(NC(=O)C2C(C=C(C)C)C2(C)C)c1C. The third-order valence-corrected chi connectivity index (χ3v) is 4.94. The monoisotopic (exact) mass is 328 g/mol. The molecule has 2 N–H and O–H groups in total. The molecule has 4 nitrogen and oxygen atoms in total. The van der Waals surface area contributed by atoms with Gasteiger partial charge in [-0.3, -0.25) is 9.59 Å². The maximum Gasteiger partial charge on any atom is 0.228 e. The highest BCUT2D eigenvalue weighted by Crippen LogP contribution is 2.59. The van der Waals surface area contributed by atoms with Crippen LogP contribution >= 0.6 is 0 Å². The number of anilines is 2. The minimum absolute atomic E-state index is 0.0135. The Balaban J connectivity index is 2.22. The van der Waals surface area contributed by atoms with E-state index in [9.17, 15) is 9.59 Å². The number of rotatable bonds is 4. The van der Waals surface area contributed by atoms with Crippen LogP contribution in [-0.2, 0) is 9.59 Å². The van der Waals surface area contributed by atoms with Crippen LogP contribution in [0, 0.1) is 31.1 Å². The van der Waals surface area contributed by atoms with Crippen molar-refractivity contribution < 1.29 is 9.59 Å². The zero-order chi connectivity index (χ0) is 18.2. The molecule has 2 amide bonds. The summed E-state index contributed by atoms with van der Waals surface area (Å²) in [4.78, 5) is 24.1. The Hall–Kier alpha value is -2.10. The van der Waals surface area contributed by atoms with Crippen LogP contribution in [0.1, 0.15) is 45.7 Å². The Labute approximate surface area is 144 Å². The first-order chi connectivity index (χ1) is 11.1. The van der Waals surface area contributed by atoms with E-state index in [0.29, 0.717) is 0 Å². The van der Waals surface area contributed by atoms with E-state index >= 15 is 0 Å². The molecule has 0 saturated heterocycles. The molecule has 0 aromatic heterocycles. The lowest BCUT2D eigenvalue weighted by Gasteiger charge is -2.15. The minimum atomic E-state index is -0.114. The smallest absolute Gasteiger partial charge is 0.228 e. The average molecular weight is 328 g/mol. The number of aryl methyl sites for hydroxylation is 1. The molecule has 0 heterocycles. The molecule has 1 aliphatic rings. The average Bonchev–Trinajstić information content (AvgIpc) is 2.98. The zero-order valence-corrected chi connectivity index (χ0v) is 15.7. The number of nitrogens with one attached hydrogen (secondary N) is 2. The molecular weight excluding hydrogens is 300 g/mol. The maximum atomic E-state index is 12.7. The van der Waals surface area contributed by atoms with Gasteiger partial charge in [-0.25, -0.2) is 0 Å². The number of hydrogen-bond acceptors (Lipinski definition) is 2. The molecule has 2 rings (SSSR count). The van der Waals surface area contributed by atoms with Crippen LogP contribution in [0.2, 0.25) is 0 Å². The zero-order valence-electron chi connectivity index (χ0n) is 15.7. The summed E-state index contributed by atoms with van der Waals surface area (Å²) in [6.45, 7) is 13.7. The minimum Gasteiger partial charge on any atom is -0.326 e. The number of carbonyl (C=O) groups excluding carboxylic acids is 2. The summed E-state index contributed by atoms with van der Waals surface area (Å²) in [5.41, 5.74) is 4.62. The fraction of sp³-hybridized carbons (Fsp3) is 0.500. The van der Waals surface area contributed by atoms with Crippen LogP contribution in [0.25, 0.3) is 0 Å². The van der Waals surface area contributed by atoms with Crippen LogP contribution in [0.3, 0.4) is 0 Å². The van der Waals surface area contributed by atoms with Crippen molar-refractivity contribution in [3.8, 4) is 0 Å². The van der Waals surface area contributed by atoms with E-state index in [-0.39, 0.29) is 29.1 Å². The van der Waals surface area contributed by atoms with Gasteiger partial charge in [0.1, 0.15) is 0 Å². The third kappa shape index (κ3) is 3.53. The topological polar surface area (TPSA) is 58.2 Å². The summed E-state index contributed by atoms with van der Waals surface area (Å²) in [7, 11) is 0. The largest absolute Gasteiger partial charge is 0.326 e.